The van der Waals surface area contributed by atoms with E-state index in [0.717, 1.165) is 12.8 Å². The van der Waals surface area contributed by atoms with Crippen molar-refractivity contribution >= 4 is 10.2 Å². The van der Waals surface area contributed by atoms with Gasteiger partial charge in [-0.1, -0.05) is 13.3 Å². The van der Waals surface area contributed by atoms with Gasteiger partial charge in [-0.15, -0.1) is 0 Å². The fraction of sp³-hybridized carbons (Fsp3) is 1.00. The predicted molar refractivity (Wildman–Crippen MR) is 43.1 cm³/mol. The quantitative estimate of drug-likeness (QED) is 0.637. The molecule has 0 amide bonds. The normalized spacial score (nSPS) is 22.7. The van der Waals surface area contributed by atoms with E-state index in [1.165, 1.54) is 6.42 Å². The van der Waals surface area contributed by atoms with Crippen LogP contribution in [-0.4, -0.2) is 15.0 Å². The molecule has 0 aromatic heterocycles. The van der Waals surface area contributed by atoms with Crippen LogP contribution in [-0.2, 0) is 10.2 Å². The molecule has 4 nitrogen and oxygen atoms in total. The molecule has 1 rings (SSSR count). The Kier molecular flexibility index (Phi) is 2.22. The second-order valence-corrected chi connectivity index (χ2v) is 4.91. The first kappa shape index (κ1) is 8.96. The standard InChI is InChI=1S/C6H14N2O2S/c1-6(3-2-4-6)5-8-11(7,9)10/h8H,2-5H2,1H3,(H2,7,9,10). The van der Waals surface area contributed by atoms with Crippen LogP contribution in [0.5, 0.6) is 0 Å². The maximum Gasteiger partial charge on any atom is 0.274 e. The van der Waals surface area contributed by atoms with E-state index in [2.05, 4.69) is 11.6 Å². The molecular weight excluding hydrogens is 164 g/mol. The Balaban J connectivity index is 2.33. The smallest absolute Gasteiger partial charge is 0.216 e. The molecule has 1 aliphatic rings. The summed E-state index contributed by atoms with van der Waals surface area (Å²) in [6, 6.07) is 0. The number of nitrogens with one attached hydrogen (secondary N) is 1. The third-order valence-electron chi connectivity index (χ3n) is 2.26. The van der Waals surface area contributed by atoms with Crippen molar-refractivity contribution in [1.29, 1.82) is 0 Å². The van der Waals surface area contributed by atoms with Crippen LogP contribution in [0.15, 0.2) is 0 Å². The maximum atomic E-state index is 10.5. The predicted octanol–water partition coefficient (Wildman–Crippen LogP) is -0.0303. The van der Waals surface area contributed by atoms with E-state index in [4.69, 9.17) is 5.14 Å². The largest absolute Gasteiger partial charge is 0.274 e. The minimum Gasteiger partial charge on any atom is -0.216 e. The first-order valence-electron chi connectivity index (χ1n) is 3.69. The highest BCUT2D eigenvalue weighted by Gasteiger charge is 2.32. The topological polar surface area (TPSA) is 72.2 Å². The Hall–Kier alpha value is -0.130. The van der Waals surface area contributed by atoms with Crippen molar-refractivity contribution < 1.29 is 8.42 Å². The van der Waals surface area contributed by atoms with Crippen LogP contribution in [0.1, 0.15) is 26.2 Å². The summed E-state index contributed by atoms with van der Waals surface area (Å²) >= 11 is 0. The molecule has 0 atom stereocenters. The third-order valence-corrected chi connectivity index (χ3v) is 2.81. The van der Waals surface area contributed by atoms with Crippen molar-refractivity contribution in [2.45, 2.75) is 26.2 Å². The van der Waals surface area contributed by atoms with E-state index >= 15 is 0 Å². The number of rotatable bonds is 3. The number of hydrogen-bond donors (Lipinski definition) is 2. The highest BCUT2D eigenvalue weighted by molar-refractivity contribution is 7.87. The third kappa shape index (κ3) is 2.76. The summed E-state index contributed by atoms with van der Waals surface area (Å²) in [5.41, 5.74) is 0.159. The number of hydrogen-bond acceptors (Lipinski definition) is 2. The van der Waals surface area contributed by atoms with Gasteiger partial charge in [0.25, 0.3) is 10.2 Å². The molecular formula is C6H14N2O2S. The van der Waals surface area contributed by atoms with Crippen LogP contribution in [0, 0.1) is 5.41 Å². The molecule has 11 heavy (non-hydrogen) atoms. The number of nitrogens with two attached hydrogens (primary N) is 1. The van der Waals surface area contributed by atoms with Gasteiger partial charge in [-0.05, 0) is 18.3 Å². The molecule has 1 saturated carbocycles. The lowest BCUT2D eigenvalue weighted by atomic mass is 9.71. The Morgan fingerprint density at radius 1 is 1.55 bits per heavy atom. The zero-order valence-corrected chi connectivity index (χ0v) is 7.45. The van der Waals surface area contributed by atoms with Gasteiger partial charge in [0.1, 0.15) is 0 Å². The molecule has 3 N–H and O–H groups in total. The van der Waals surface area contributed by atoms with E-state index in [0.29, 0.717) is 6.54 Å². The summed E-state index contributed by atoms with van der Waals surface area (Å²) in [5, 5.41) is 4.78. The highest BCUT2D eigenvalue weighted by Crippen LogP contribution is 2.39. The van der Waals surface area contributed by atoms with Crippen molar-refractivity contribution in [3.05, 3.63) is 0 Å². The van der Waals surface area contributed by atoms with Crippen molar-refractivity contribution in [2.75, 3.05) is 6.54 Å². The van der Waals surface area contributed by atoms with Gasteiger partial charge in [-0.3, -0.25) is 0 Å². The van der Waals surface area contributed by atoms with Crippen LogP contribution in [0.3, 0.4) is 0 Å². The molecule has 0 heterocycles. The van der Waals surface area contributed by atoms with Crippen LogP contribution in [0.4, 0.5) is 0 Å². The fourth-order valence-electron chi connectivity index (χ4n) is 1.23. The van der Waals surface area contributed by atoms with Crippen molar-refractivity contribution in [3.63, 3.8) is 0 Å². The zero-order chi connectivity index (χ0) is 8.54. The molecule has 5 heteroatoms. The second kappa shape index (κ2) is 2.73. The molecule has 66 valence electrons. The van der Waals surface area contributed by atoms with Crippen molar-refractivity contribution in [2.24, 2.45) is 10.6 Å². The van der Waals surface area contributed by atoms with Crippen LogP contribution in [0.25, 0.3) is 0 Å². The zero-order valence-electron chi connectivity index (χ0n) is 6.63. The Bertz CT molecular complexity index is 231. The molecule has 1 fully saturated rings. The van der Waals surface area contributed by atoms with E-state index < -0.39 is 10.2 Å². The van der Waals surface area contributed by atoms with Gasteiger partial charge in [0, 0.05) is 6.54 Å². The summed E-state index contributed by atoms with van der Waals surface area (Å²) in [5.74, 6) is 0. The molecule has 0 aromatic rings. The molecule has 0 bridgehead atoms. The van der Waals surface area contributed by atoms with E-state index in [-0.39, 0.29) is 5.41 Å². The van der Waals surface area contributed by atoms with Gasteiger partial charge in [0.2, 0.25) is 0 Å². The average Bonchev–Trinajstić information content (AvgIpc) is 1.77. The molecule has 0 radical (unpaired) electrons. The lowest BCUT2D eigenvalue weighted by Crippen LogP contribution is -2.42. The molecule has 1 aliphatic carbocycles. The lowest BCUT2D eigenvalue weighted by Gasteiger charge is -2.38. The summed E-state index contributed by atoms with van der Waals surface area (Å²) < 4.78 is 23.3. The summed E-state index contributed by atoms with van der Waals surface area (Å²) in [4.78, 5) is 0. The van der Waals surface area contributed by atoms with Gasteiger partial charge < -0.3 is 0 Å². The van der Waals surface area contributed by atoms with Gasteiger partial charge in [-0.25, -0.2) is 9.86 Å². The summed E-state index contributed by atoms with van der Waals surface area (Å²) in [6.45, 7) is 2.54. The first-order valence-corrected chi connectivity index (χ1v) is 5.23. The first-order chi connectivity index (χ1) is 4.91. The van der Waals surface area contributed by atoms with Gasteiger partial charge in [-0.2, -0.15) is 8.42 Å². The van der Waals surface area contributed by atoms with Crippen LogP contribution < -0.4 is 9.86 Å². The SMILES string of the molecule is CC1(CNS(N)(=O)=O)CCC1. The van der Waals surface area contributed by atoms with Crippen LogP contribution in [0.2, 0.25) is 0 Å². The monoisotopic (exact) mass is 178 g/mol. The second-order valence-electron chi connectivity index (χ2n) is 3.53. The van der Waals surface area contributed by atoms with E-state index in [1.807, 2.05) is 0 Å². The van der Waals surface area contributed by atoms with Gasteiger partial charge in [0.05, 0.1) is 0 Å². The fourth-order valence-corrected chi connectivity index (χ4v) is 1.78. The van der Waals surface area contributed by atoms with E-state index in [9.17, 15) is 8.42 Å². The lowest BCUT2D eigenvalue weighted by molar-refractivity contribution is 0.166. The molecule has 0 aromatic carbocycles. The Morgan fingerprint density at radius 3 is 2.36 bits per heavy atom. The van der Waals surface area contributed by atoms with Gasteiger partial charge in [0.15, 0.2) is 0 Å². The summed E-state index contributed by atoms with van der Waals surface area (Å²) in [7, 11) is -3.48. The molecule has 0 unspecified atom stereocenters. The molecule has 0 aliphatic heterocycles. The van der Waals surface area contributed by atoms with Crippen LogP contribution >= 0.6 is 0 Å². The van der Waals surface area contributed by atoms with Gasteiger partial charge >= 0.3 is 0 Å². The molecule has 0 spiro atoms. The Labute approximate surface area is 67.3 Å². The molecule has 0 saturated heterocycles. The van der Waals surface area contributed by atoms with Crippen molar-refractivity contribution in [1.82, 2.24) is 4.72 Å². The maximum absolute atomic E-state index is 10.5. The highest BCUT2D eigenvalue weighted by atomic mass is 32.2. The minimum absolute atomic E-state index is 0.159. The summed E-state index contributed by atoms with van der Waals surface area (Å²) in [6.07, 6.45) is 3.38. The minimum atomic E-state index is -3.48. The van der Waals surface area contributed by atoms with Crippen molar-refractivity contribution in [3.8, 4) is 0 Å². The average molecular weight is 178 g/mol. The Morgan fingerprint density at radius 2 is 2.09 bits per heavy atom. The van der Waals surface area contributed by atoms with E-state index in [1.54, 1.807) is 0 Å².